The first-order chi connectivity index (χ1) is 16.7. The number of benzene rings is 2. The number of sulfonamides is 1. The highest BCUT2D eigenvalue weighted by molar-refractivity contribution is 7.92. The summed E-state index contributed by atoms with van der Waals surface area (Å²) in [6.45, 7) is 4.53. The summed E-state index contributed by atoms with van der Waals surface area (Å²) >= 11 is 0. The van der Waals surface area contributed by atoms with Crippen molar-refractivity contribution in [3.8, 4) is 0 Å². The molecule has 1 fully saturated rings. The van der Waals surface area contributed by atoms with Gasteiger partial charge >= 0.3 is 0 Å². The first-order valence-electron chi connectivity index (χ1n) is 11.4. The van der Waals surface area contributed by atoms with E-state index >= 15 is 0 Å². The second-order valence-corrected chi connectivity index (χ2v) is 10.4. The van der Waals surface area contributed by atoms with Crippen molar-refractivity contribution in [3.05, 3.63) is 83.6 Å². The van der Waals surface area contributed by atoms with Crippen molar-refractivity contribution >= 4 is 33.3 Å². The summed E-state index contributed by atoms with van der Waals surface area (Å²) in [5.74, 6) is -0.370. The van der Waals surface area contributed by atoms with Crippen LogP contribution in [0.1, 0.15) is 34.5 Å². The molecule has 1 aromatic heterocycles. The van der Waals surface area contributed by atoms with Crippen LogP contribution in [0.3, 0.4) is 0 Å². The maximum Gasteiger partial charge on any atom is 0.261 e. The molecule has 0 aliphatic carbocycles. The molecule has 3 aromatic rings. The Morgan fingerprint density at radius 2 is 1.74 bits per heavy atom. The summed E-state index contributed by atoms with van der Waals surface area (Å²) in [6, 6.07) is 18.4. The van der Waals surface area contributed by atoms with Gasteiger partial charge in [-0.3, -0.25) is 14.3 Å². The molecule has 1 atom stereocenters. The van der Waals surface area contributed by atoms with Crippen molar-refractivity contribution in [1.29, 1.82) is 0 Å². The quantitative estimate of drug-likeness (QED) is 0.541. The molecule has 1 aliphatic rings. The highest BCUT2D eigenvalue weighted by Crippen LogP contribution is 2.22. The normalized spacial score (nSPS) is 15.9. The van der Waals surface area contributed by atoms with Crippen LogP contribution in [0.2, 0.25) is 0 Å². The molecule has 2 N–H and O–H groups in total. The number of amides is 2. The predicted molar refractivity (Wildman–Crippen MR) is 135 cm³/mol. The molecule has 1 aliphatic heterocycles. The summed E-state index contributed by atoms with van der Waals surface area (Å²) in [5, 5.41) is 2.83. The minimum atomic E-state index is -3.87. The van der Waals surface area contributed by atoms with Crippen LogP contribution in [0.15, 0.2) is 71.6 Å². The number of nitrogens with zero attached hydrogens (tertiary/aromatic N) is 2. The molecule has 8 nitrogen and oxygen atoms in total. The summed E-state index contributed by atoms with van der Waals surface area (Å²) in [4.78, 5) is 31.9. The van der Waals surface area contributed by atoms with Crippen LogP contribution in [-0.4, -0.2) is 43.2 Å². The molecule has 1 unspecified atom stereocenters. The molecule has 0 radical (unpaired) electrons. The fourth-order valence-corrected chi connectivity index (χ4v) is 5.14. The number of rotatable bonds is 6. The van der Waals surface area contributed by atoms with Crippen molar-refractivity contribution in [1.82, 2.24) is 9.88 Å². The highest BCUT2D eigenvalue weighted by atomic mass is 32.2. The zero-order chi connectivity index (χ0) is 25.0. The van der Waals surface area contributed by atoms with E-state index in [4.69, 9.17) is 0 Å². The van der Waals surface area contributed by atoms with Crippen LogP contribution in [0.25, 0.3) is 0 Å². The van der Waals surface area contributed by atoms with E-state index < -0.39 is 10.0 Å². The zero-order valence-corrected chi connectivity index (χ0v) is 20.5. The van der Waals surface area contributed by atoms with Crippen molar-refractivity contribution in [2.45, 2.75) is 31.6 Å². The Balaban J connectivity index is 1.45. The third kappa shape index (κ3) is 6.05. The number of nitrogens with one attached hydrogen (secondary N) is 2. The molecule has 9 heteroatoms. The summed E-state index contributed by atoms with van der Waals surface area (Å²) in [7, 11) is -3.87. The van der Waals surface area contributed by atoms with Crippen molar-refractivity contribution in [2.75, 3.05) is 23.1 Å². The lowest BCUT2D eigenvalue weighted by atomic mass is 9.96. The van der Waals surface area contributed by atoms with Gasteiger partial charge in [-0.25, -0.2) is 13.4 Å². The van der Waals surface area contributed by atoms with E-state index in [1.54, 1.807) is 35.2 Å². The number of aryl methyl sites for hydroxylation is 2. The highest BCUT2D eigenvalue weighted by Gasteiger charge is 2.29. The number of piperidine rings is 1. The standard InChI is InChI=1S/C26H28N4O4S/c1-18-11-13-22(14-12-18)29-35(33,34)23-9-4-7-20(16-23)26(32)30-15-5-8-21(17-30)25(31)28-24-10-3-6-19(2)27-24/h3-4,6-7,9-14,16,21,29H,5,8,15,17H2,1-2H3,(H,27,28,31). The molecule has 0 bridgehead atoms. The van der Waals surface area contributed by atoms with Crippen LogP contribution < -0.4 is 10.0 Å². The average Bonchev–Trinajstić information content (AvgIpc) is 2.85. The molecule has 4 rings (SSSR count). The molecule has 2 aromatic carbocycles. The van der Waals surface area contributed by atoms with E-state index in [9.17, 15) is 18.0 Å². The van der Waals surface area contributed by atoms with E-state index in [0.717, 1.165) is 11.3 Å². The Bertz CT molecular complexity index is 1340. The van der Waals surface area contributed by atoms with Crippen LogP contribution in [0.4, 0.5) is 11.5 Å². The second kappa shape index (κ2) is 10.3. The van der Waals surface area contributed by atoms with Gasteiger partial charge in [0.05, 0.1) is 10.8 Å². The molecule has 2 amide bonds. The number of likely N-dealkylation sites (tertiary alicyclic amines) is 1. The summed E-state index contributed by atoms with van der Waals surface area (Å²) in [5.41, 5.74) is 2.53. The maximum atomic E-state index is 13.2. The van der Waals surface area contributed by atoms with Gasteiger partial charge in [-0.05, 0) is 69.2 Å². The predicted octanol–water partition coefficient (Wildman–Crippen LogP) is 3.99. The largest absolute Gasteiger partial charge is 0.338 e. The topological polar surface area (TPSA) is 108 Å². The lowest BCUT2D eigenvalue weighted by molar-refractivity contribution is -0.121. The fraction of sp³-hybridized carbons (Fsp3) is 0.269. The van der Waals surface area contributed by atoms with Crippen LogP contribution >= 0.6 is 0 Å². The Morgan fingerprint density at radius 3 is 2.49 bits per heavy atom. The monoisotopic (exact) mass is 492 g/mol. The second-order valence-electron chi connectivity index (χ2n) is 8.74. The lowest BCUT2D eigenvalue weighted by Gasteiger charge is -2.32. The van der Waals surface area contributed by atoms with Gasteiger partial charge in [-0.1, -0.05) is 29.8 Å². The number of hydrogen-bond acceptors (Lipinski definition) is 5. The minimum Gasteiger partial charge on any atom is -0.338 e. The van der Waals surface area contributed by atoms with Crippen LogP contribution in [0.5, 0.6) is 0 Å². The number of pyridine rings is 1. The summed E-state index contributed by atoms with van der Waals surface area (Å²) in [6.07, 6.45) is 1.34. The first kappa shape index (κ1) is 24.4. The van der Waals surface area contributed by atoms with Gasteiger partial charge in [0.1, 0.15) is 5.82 Å². The zero-order valence-electron chi connectivity index (χ0n) is 19.7. The van der Waals surface area contributed by atoms with Crippen molar-refractivity contribution in [3.63, 3.8) is 0 Å². The Labute approximate surface area is 205 Å². The molecular formula is C26H28N4O4S. The third-order valence-electron chi connectivity index (χ3n) is 5.91. The van der Waals surface area contributed by atoms with E-state index in [2.05, 4.69) is 15.0 Å². The maximum absolute atomic E-state index is 13.2. The number of anilines is 2. The Kier molecular flexibility index (Phi) is 7.16. The molecule has 2 heterocycles. The SMILES string of the molecule is Cc1ccc(NS(=O)(=O)c2cccc(C(=O)N3CCCC(C(=O)Nc4cccc(C)n4)C3)c2)cc1. The molecule has 35 heavy (non-hydrogen) atoms. The number of hydrogen-bond donors (Lipinski definition) is 2. The Hall–Kier alpha value is -3.72. The molecular weight excluding hydrogens is 464 g/mol. The molecule has 0 spiro atoms. The number of aromatic nitrogens is 1. The van der Waals surface area contributed by atoms with Gasteiger partial charge < -0.3 is 10.2 Å². The van der Waals surface area contributed by atoms with E-state index in [-0.39, 0.29) is 34.7 Å². The fourth-order valence-electron chi connectivity index (χ4n) is 4.03. The van der Waals surface area contributed by atoms with Gasteiger partial charge in [0.25, 0.3) is 15.9 Å². The van der Waals surface area contributed by atoms with Gasteiger partial charge in [-0.2, -0.15) is 0 Å². The first-order valence-corrected chi connectivity index (χ1v) is 12.9. The van der Waals surface area contributed by atoms with Gasteiger partial charge in [0.15, 0.2) is 0 Å². The van der Waals surface area contributed by atoms with Crippen LogP contribution in [0, 0.1) is 19.8 Å². The van der Waals surface area contributed by atoms with Crippen molar-refractivity contribution in [2.24, 2.45) is 5.92 Å². The minimum absolute atomic E-state index is 0.000694. The van der Waals surface area contributed by atoms with Crippen LogP contribution in [-0.2, 0) is 14.8 Å². The van der Waals surface area contributed by atoms with Crippen molar-refractivity contribution < 1.29 is 18.0 Å². The number of carbonyl (C=O) groups is 2. The van der Waals surface area contributed by atoms with E-state index in [1.165, 1.54) is 12.1 Å². The number of carbonyl (C=O) groups excluding carboxylic acids is 2. The Morgan fingerprint density at radius 1 is 1.00 bits per heavy atom. The smallest absolute Gasteiger partial charge is 0.261 e. The molecule has 0 saturated carbocycles. The molecule has 1 saturated heterocycles. The van der Waals surface area contributed by atoms with Gasteiger partial charge in [-0.15, -0.1) is 0 Å². The molecule has 182 valence electrons. The van der Waals surface area contributed by atoms with Gasteiger partial charge in [0.2, 0.25) is 5.91 Å². The van der Waals surface area contributed by atoms with Gasteiger partial charge in [0, 0.05) is 30.0 Å². The average molecular weight is 493 g/mol. The lowest BCUT2D eigenvalue weighted by Crippen LogP contribution is -2.43. The van der Waals surface area contributed by atoms with E-state index in [1.807, 2.05) is 38.1 Å². The van der Waals surface area contributed by atoms with E-state index in [0.29, 0.717) is 30.9 Å². The summed E-state index contributed by atoms with van der Waals surface area (Å²) < 4.78 is 28.3. The third-order valence-corrected chi connectivity index (χ3v) is 7.29.